The maximum Gasteiger partial charge on any atom is 0.223 e. The van der Waals surface area contributed by atoms with E-state index in [0.29, 0.717) is 6.04 Å². The molecule has 2 aliphatic rings. The van der Waals surface area contributed by atoms with Crippen molar-refractivity contribution in [2.24, 2.45) is 5.92 Å². The average molecular weight is 408 g/mol. The lowest BCUT2D eigenvalue weighted by molar-refractivity contribution is -0.125. The smallest absolute Gasteiger partial charge is 0.223 e. The molecule has 3 heterocycles. The van der Waals surface area contributed by atoms with Crippen molar-refractivity contribution in [3.8, 4) is 11.3 Å². The third-order valence-corrected chi connectivity index (χ3v) is 6.54. The molecule has 2 aromatic rings. The van der Waals surface area contributed by atoms with E-state index in [-0.39, 0.29) is 11.8 Å². The van der Waals surface area contributed by atoms with Crippen LogP contribution < -0.4 is 10.2 Å². The number of nitrogens with one attached hydrogen (secondary N) is 1. The van der Waals surface area contributed by atoms with Crippen molar-refractivity contribution in [3.63, 3.8) is 0 Å². The van der Waals surface area contributed by atoms with E-state index in [1.165, 1.54) is 25.9 Å². The van der Waals surface area contributed by atoms with E-state index < -0.39 is 0 Å². The van der Waals surface area contributed by atoms with Crippen LogP contribution in [-0.2, 0) is 4.79 Å². The number of carbonyl (C=O) groups is 1. The Bertz CT molecular complexity index is 796. The summed E-state index contributed by atoms with van der Waals surface area (Å²) in [6, 6.07) is 14.7. The molecule has 6 heteroatoms. The molecule has 6 nitrogen and oxygen atoms in total. The predicted molar refractivity (Wildman–Crippen MR) is 120 cm³/mol. The fourth-order valence-corrected chi connectivity index (χ4v) is 4.54. The first kappa shape index (κ1) is 20.8. The van der Waals surface area contributed by atoms with Gasteiger partial charge in [-0.15, -0.1) is 10.2 Å². The molecule has 1 amide bonds. The van der Waals surface area contributed by atoms with Crippen LogP contribution >= 0.6 is 0 Å². The number of benzene rings is 1. The first-order valence-corrected chi connectivity index (χ1v) is 11.4. The third-order valence-electron chi connectivity index (χ3n) is 6.54. The van der Waals surface area contributed by atoms with Gasteiger partial charge in [0.2, 0.25) is 5.91 Å². The average Bonchev–Trinajstić information content (AvgIpc) is 3.35. The molecule has 0 aliphatic carbocycles. The number of anilines is 1. The molecule has 2 aliphatic heterocycles. The number of aromatic nitrogens is 2. The van der Waals surface area contributed by atoms with Crippen LogP contribution in [0.15, 0.2) is 42.5 Å². The summed E-state index contributed by atoms with van der Waals surface area (Å²) in [5.41, 5.74) is 1.96. The van der Waals surface area contributed by atoms with Gasteiger partial charge in [-0.2, -0.15) is 0 Å². The second kappa shape index (κ2) is 10.0. The zero-order valence-corrected chi connectivity index (χ0v) is 18.0. The molecule has 0 spiro atoms. The van der Waals surface area contributed by atoms with Crippen LogP contribution in [0.5, 0.6) is 0 Å². The SMILES string of the molecule is CC(CCNC(=O)C1CCN(c2ccc(-c3ccccc3)nn2)CC1)N1CCCC1. The van der Waals surface area contributed by atoms with E-state index in [9.17, 15) is 4.79 Å². The van der Waals surface area contributed by atoms with Gasteiger partial charge in [0, 0.05) is 37.2 Å². The van der Waals surface area contributed by atoms with Crippen molar-refractivity contribution < 1.29 is 4.79 Å². The number of nitrogens with zero attached hydrogens (tertiary/aromatic N) is 4. The fraction of sp³-hybridized carbons (Fsp3) is 0.542. The highest BCUT2D eigenvalue weighted by atomic mass is 16.1. The summed E-state index contributed by atoms with van der Waals surface area (Å²) in [6.07, 6.45) is 5.41. The highest BCUT2D eigenvalue weighted by Gasteiger charge is 2.26. The van der Waals surface area contributed by atoms with Crippen LogP contribution in [-0.4, -0.2) is 59.8 Å². The Labute approximate surface area is 179 Å². The van der Waals surface area contributed by atoms with E-state index >= 15 is 0 Å². The number of likely N-dealkylation sites (tertiary alicyclic amines) is 1. The van der Waals surface area contributed by atoms with E-state index in [1.54, 1.807) is 0 Å². The summed E-state index contributed by atoms with van der Waals surface area (Å²) in [5.74, 6) is 1.22. The molecule has 1 atom stereocenters. The number of amides is 1. The second-order valence-corrected chi connectivity index (χ2v) is 8.58. The van der Waals surface area contributed by atoms with Crippen LogP contribution in [0.25, 0.3) is 11.3 Å². The molecule has 1 aromatic carbocycles. The van der Waals surface area contributed by atoms with Crippen molar-refractivity contribution >= 4 is 11.7 Å². The molecule has 1 aromatic heterocycles. The highest BCUT2D eigenvalue weighted by Crippen LogP contribution is 2.23. The first-order chi connectivity index (χ1) is 14.7. The third kappa shape index (κ3) is 5.17. The summed E-state index contributed by atoms with van der Waals surface area (Å²) >= 11 is 0. The van der Waals surface area contributed by atoms with Gasteiger partial charge >= 0.3 is 0 Å². The number of hydrogen-bond acceptors (Lipinski definition) is 5. The lowest BCUT2D eigenvalue weighted by Gasteiger charge is -2.32. The van der Waals surface area contributed by atoms with Crippen LogP contribution in [0.3, 0.4) is 0 Å². The molecule has 4 rings (SSSR count). The predicted octanol–water partition coefficient (Wildman–Crippen LogP) is 3.35. The van der Waals surface area contributed by atoms with Gasteiger partial charge in [0.15, 0.2) is 5.82 Å². The number of rotatable bonds is 7. The molecule has 1 unspecified atom stereocenters. The van der Waals surface area contributed by atoms with E-state index in [4.69, 9.17) is 0 Å². The van der Waals surface area contributed by atoms with Crippen LogP contribution in [0.4, 0.5) is 5.82 Å². The minimum atomic E-state index is 0.111. The zero-order chi connectivity index (χ0) is 20.8. The molecule has 0 saturated carbocycles. The normalized spacial score (nSPS) is 19.0. The van der Waals surface area contributed by atoms with E-state index in [1.807, 2.05) is 42.5 Å². The standard InChI is InChI=1S/C24H33N5O/c1-19(28-15-5-6-16-28)11-14-25-24(30)21-12-17-29(18-13-21)23-10-9-22(26-27-23)20-7-3-2-4-8-20/h2-4,7-10,19,21H,5-6,11-18H2,1H3,(H,25,30). The fourth-order valence-electron chi connectivity index (χ4n) is 4.54. The maximum absolute atomic E-state index is 12.6. The summed E-state index contributed by atoms with van der Waals surface area (Å²) in [6.45, 7) is 7.18. The maximum atomic E-state index is 12.6. The Morgan fingerprint density at radius 2 is 1.77 bits per heavy atom. The lowest BCUT2D eigenvalue weighted by Crippen LogP contribution is -2.42. The monoisotopic (exact) mass is 407 g/mol. The van der Waals surface area contributed by atoms with Gasteiger partial charge in [-0.25, -0.2) is 0 Å². The Morgan fingerprint density at radius 3 is 2.43 bits per heavy atom. The Balaban J connectivity index is 1.21. The van der Waals surface area contributed by atoms with Crippen molar-refractivity contribution in [1.29, 1.82) is 0 Å². The molecule has 1 N–H and O–H groups in total. The van der Waals surface area contributed by atoms with Crippen LogP contribution in [0, 0.1) is 5.92 Å². The molecule has 2 saturated heterocycles. The highest BCUT2D eigenvalue weighted by molar-refractivity contribution is 5.79. The molecule has 160 valence electrons. The van der Waals surface area contributed by atoms with Gasteiger partial charge < -0.3 is 15.1 Å². The first-order valence-electron chi connectivity index (χ1n) is 11.4. The summed E-state index contributed by atoms with van der Waals surface area (Å²) in [4.78, 5) is 17.3. The number of carbonyl (C=O) groups excluding carboxylic acids is 1. The summed E-state index contributed by atoms with van der Waals surface area (Å²) in [7, 11) is 0. The largest absolute Gasteiger partial charge is 0.356 e. The van der Waals surface area contributed by atoms with Gasteiger partial charge in [-0.05, 0) is 64.3 Å². The Hall–Kier alpha value is -2.47. The molecular weight excluding hydrogens is 374 g/mol. The minimum Gasteiger partial charge on any atom is -0.356 e. The summed E-state index contributed by atoms with van der Waals surface area (Å²) in [5, 5.41) is 12.0. The van der Waals surface area contributed by atoms with Gasteiger partial charge in [0.1, 0.15) is 0 Å². The summed E-state index contributed by atoms with van der Waals surface area (Å²) < 4.78 is 0. The molecule has 0 bridgehead atoms. The second-order valence-electron chi connectivity index (χ2n) is 8.58. The van der Waals surface area contributed by atoms with Gasteiger partial charge in [-0.1, -0.05) is 30.3 Å². The molecular formula is C24H33N5O. The zero-order valence-electron chi connectivity index (χ0n) is 18.0. The quantitative estimate of drug-likeness (QED) is 0.763. The molecule has 2 fully saturated rings. The van der Waals surface area contributed by atoms with Gasteiger partial charge in [0.05, 0.1) is 5.69 Å². The topological polar surface area (TPSA) is 61.4 Å². The van der Waals surface area contributed by atoms with E-state index in [2.05, 4.69) is 32.2 Å². The minimum absolute atomic E-state index is 0.111. The lowest BCUT2D eigenvalue weighted by atomic mass is 9.96. The number of hydrogen-bond donors (Lipinski definition) is 1. The van der Waals surface area contributed by atoms with Crippen molar-refractivity contribution in [1.82, 2.24) is 20.4 Å². The van der Waals surface area contributed by atoms with Crippen molar-refractivity contribution in [2.75, 3.05) is 37.6 Å². The van der Waals surface area contributed by atoms with Crippen molar-refractivity contribution in [3.05, 3.63) is 42.5 Å². The van der Waals surface area contributed by atoms with Crippen LogP contribution in [0.2, 0.25) is 0 Å². The van der Waals surface area contributed by atoms with Crippen molar-refractivity contribution in [2.45, 2.75) is 45.1 Å². The molecule has 0 radical (unpaired) electrons. The molecule has 30 heavy (non-hydrogen) atoms. The number of piperidine rings is 1. The van der Waals surface area contributed by atoms with Gasteiger partial charge in [0.25, 0.3) is 0 Å². The Kier molecular flexibility index (Phi) is 6.95. The van der Waals surface area contributed by atoms with Crippen LogP contribution in [0.1, 0.15) is 39.0 Å². The Morgan fingerprint density at radius 1 is 1.03 bits per heavy atom. The van der Waals surface area contributed by atoms with E-state index in [0.717, 1.165) is 56.0 Å². The van der Waals surface area contributed by atoms with Gasteiger partial charge in [-0.3, -0.25) is 4.79 Å².